The molecule has 0 rings (SSSR count). The van der Waals surface area contributed by atoms with E-state index in [0.29, 0.717) is 92.5 Å². The summed E-state index contributed by atoms with van der Waals surface area (Å²) in [5, 5.41) is 17.0. The summed E-state index contributed by atoms with van der Waals surface area (Å²) in [6.07, 6.45) is 0. The fourth-order valence-electron chi connectivity index (χ4n) is 1.52. The molecule has 0 saturated carbocycles. The van der Waals surface area contributed by atoms with Crippen LogP contribution in [0.4, 0.5) is 0 Å². The summed E-state index contributed by atoms with van der Waals surface area (Å²) in [6.45, 7) is 6.04. The van der Waals surface area contributed by atoms with E-state index in [9.17, 15) is 0 Å². The van der Waals surface area contributed by atoms with E-state index in [1.54, 1.807) is 0 Å². The quantitative estimate of drug-likeness (QED) is 0.112. The van der Waals surface area contributed by atoms with Crippen molar-refractivity contribution in [1.82, 2.24) is 0 Å². The molecule has 15 heteroatoms. The van der Waals surface area contributed by atoms with E-state index in [-0.39, 0.29) is 40.3 Å². The van der Waals surface area contributed by atoms with Crippen molar-refractivity contribution in [2.45, 2.75) is 0 Å². The first kappa shape index (κ1) is 31.8. The first-order valence-electron chi connectivity index (χ1n) is 9.90. The summed E-state index contributed by atoms with van der Waals surface area (Å²) in [4.78, 5) is 0. The van der Waals surface area contributed by atoms with Gasteiger partial charge in [0.25, 0.3) is 0 Å². The molecule has 2 unspecified atom stereocenters. The Morgan fingerprint density at radius 2 is 0.548 bits per heavy atom. The van der Waals surface area contributed by atoms with Crippen LogP contribution in [-0.4, -0.2) is 116 Å². The maximum absolute atomic E-state index is 8.52. The van der Waals surface area contributed by atoms with Gasteiger partial charge in [-0.1, -0.05) is 0 Å². The summed E-state index contributed by atoms with van der Waals surface area (Å²) < 4.78 is 52.2. The van der Waals surface area contributed by atoms with Crippen LogP contribution in [0.2, 0.25) is 0 Å². The van der Waals surface area contributed by atoms with E-state index in [1.165, 1.54) is 0 Å². The first-order valence-corrected chi connectivity index (χ1v) is 12.3. The van der Waals surface area contributed by atoms with Crippen LogP contribution in [0.25, 0.3) is 0 Å². The van der Waals surface area contributed by atoms with E-state index in [1.807, 2.05) is 0 Å². The summed E-state index contributed by atoms with van der Waals surface area (Å²) in [5.74, 6) is 0. The minimum absolute atomic E-state index is 0.0135. The van der Waals surface area contributed by atoms with Gasteiger partial charge in [0, 0.05) is 0 Å². The van der Waals surface area contributed by atoms with Gasteiger partial charge in [-0.3, -0.25) is 0 Å². The van der Waals surface area contributed by atoms with E-state index >= 15 is 0 Å². The average molecular weight is 514 g/mol. The molecule has 188 valence electrons. The molecular weight excluding hydrogens is 477 g/mol. The Morgan fingerprint density at radius 3 is 0.774 bits per heavy atom. The number of ether oxygens (including phenoxy) is 4. The Kier molecular flexibility index (Phi) is 31.6. The molecule has 0 aliphatic carbocycles. The van der Waals surface area contributed by atoms with Crippen molar-refractivity contribution in [3.63, 3.8) is 0 Å². The van der Waals surface area contributed by atoms with Crippen molar-refractivity contribution in [2.75, 3.05) is 106 Å². The molecule has 0 aliphatic heterocycles. The summed E-state index contributed by atoms with van der Waals surface area (Å²) in [5.41, 5.74) is 0. The fourth-order valence-corrected chi connectivity index (χ4v) is 2.77. The van der Waals surface area contributed by atoms with Gasteiger partial charge >= 0.3 is 0 Å². The fraction of sp³-hybridized carbons (Fsp3) is 1.00. The molecule has 0 amide bonds. The van der Waals surface area contributed by atoms with Crippen molar-refractivity contribution in [3.05, 3.63) is 0 Å². The Morgan fingerprint density at radius 1 is 0.323 bits per heavy atom. The minimum Gasteiger partial charge on any atom is -0.394 e. The molecule has 0 saturated heterocycles. The lowest BCUT2D eigenvalue weighted by Crippen LogP contribution is -2.07. The van der Waals surface area contributed by atoms with Crippen molar-refractivity contribution in [2.24, 2.45) is 0 Å². The van der Waals surface area contributed by atoms with Gasteiger partial charge in [-0.2, -0.15) is 0 Å². The summed E-state index contributed by atoms with van der Waals surface area (Å²) in [7, 11) is -0.169. The number of aliphatic hydroxyl groups excluding tert-OH is 2. The van der Waals surface area contributed by atoms with E-state index in [0.717, 1.165) is 0 Å². The molecule has 0 aliphatic rings. The third-order valence-electron chi connectivity index (χ3n) is 2.80. The van der Waals surface area contributed by atoms with Crippen LogP contribution in [0, 0.1) is 0 Å². The van der Waals surface area contributed by atoms with Gasteiger partial charge in [-0.25, -0.2) is 0 Å². The lowest BCUT2D eigenvalue weighted by atomic mass is 10.7. The van der Waals surface area contributed by atoms with Crippen LogP contribution in [0.3, 0.4) is 0 Å². The zero-order valence-corrected chi connectivity index (χ0v) is 20.8. The highest BCUT2D eigenvalue weighted by molar-refractivity contribution is 7.26. The van der Waals surface area contributed by atoms with Gasteiger partial charge in [0.2, 0.25) is 0 Å². The molecule has 12 nitrogen and oxygen atoms in total. The number of rotatable bonds is 28. The minimum atomic E-state index is -0.0595. The van der Waals surface area contributed by atoms with Crippen LogP contribution in [0.1, 0.15) is 0 Å². The van der Waals surface area contributed by atoms with E-state index in [4.69, 9.17) is 56.3 Å². The Labute approximate surface area is 189 Å². The molecule has 0 aromatic heterocycles. The van der Waals surface area contributed by atoms with Crippen molar-refractivity contribution >= 4 is 27.1 Å². The summed E-state index contributed by atoms with van der Waals surface area (Å²) >= 11 is 0. The standard InChI is InChI=1S/C16H37O12P3/c17-1-3-19-5-11-23-29-25-13-7-21-9-15-27-31-28-16-10-22-8-14-26-30-24-12-6-20-4-2-18/h17-18,29-31H,1-16H2. The second-order valence-electron chi connectivity index (χ2n) is 5.24. The van der Waals surface area contributed by atoms with Gasteiger partial charge < -0.3 is 56.3 Å². The molecule has 0 radical (unpaired) electrons. The molecule has 0 spiro atoms. The molecule has 0 heterocycles. The lowest BCUT2D eigenvalue weighted by molar-refractivity contribution is 0.0599. The SMILES string of the molecule is OCCOCCOPOCCOCCOPOCCOCCOPOCCOCCO. The monoisotopic (exact) mass is 514 g/mol. The molecule has 0 fully saturated rings. The second kappa shape index (κ2) is 30.8. The molecule has 0 bridgehead atoms. The third-order valence-corrected chi connectivity index (χ3v) is 4.74. The Hall–Kier alpha value is 0.810. The van der Waals surface area contributed by atoms with Crippen molar-refractivity contribution in [1.29, 1.82) is 0 Å². The van der Waals surface area contributed by atoms with Gasteiger partial charge in [-0.05, 0) is 0 Å². The highest BCUT2D eigenvalue weighted by atomic mass is 31.1. The number of hydrogen-bond donors (Lipinski definition) is 2. The largest absolute Gasteiger partial charge is 0.394 e. The van der Waals surface area contributed by atoms with Crippen molar-refractivity contribution in [3.8, 4) is 0 Å². The Balaban J connectivity index is 2.98. The van der Waals surface area contributed by atoms with E-state index < -0.39 is 0 Å². The van der Waals surface area contributed by atoms with Crippen LogP contribution in [0.5, 0.6) is 0 Å². The van der Waals surface area contributed by atoms with Gasteiger partial charge in [0.15, 0.2) is 27.1 Å². The molecule has 31 heavy (non-hydrogen) atoms. The van der Waals surface area contributed by atoms with Gasteiger partial charge in [0.1, 0.15) is 0 Å². The van der Waals surface area contributed by atoms with Gasteiger partial charge in [-0.15, -0.1) is 0 Å². The molecule has 0 aromatic rings. The Bertz CT molecular complexity index is 296. The predicted molar refractivity (Wildman–Crippen MR) is 118 cm³/mol. The van der Waals surface area contributed by atoms with Crippen LogP contribution in [-0.2, 0) is 46.1 Å². The molecular formula is C16H37O12P3. The highest BCUT2D eigenvalue weighted by Gasteiger charge is 1.95. The third kappa shape index (κ3) is 30.8. The number of hydrogen-bond acceptors (Lipinski definition) is 12. The van der Waals surface area contributed by atoms with E-state index in [2.05, 4.69) is 0 Å². The maximum Gasteiger partial charge on any atom is 0.155 e. The van der Waals surface area contributed by atoms with Crippen LogP contribution >= 0.6 is 27.1 Å². The smallest absolute Gasteiger partial charge is 0.155 e. The topological polar surface area (TPSA) is 133 Å². The zero-order valence-electron chi connectivity index (χ0n) is 17.8. The molecule has 2 N–H and O–H groups in total. The van der Waals surface area contributed by atoms with Crippen LogP contribution < -0.4 is 0 Å². The van der Waals surface area contributed by atoms with Gasteiger partial charge in [0.05, 0.1) is 106 Å². The first-order chi connectivity index (χ1) is 15.4. The summed E-state index contributed by atoms with van der Waals surface area (Å²) in [6, 6.07) is 0. The average Bonchev–Trinajstić information content (AvgIpc) is 2.78. The van der Waals surface area contributed by atoms with Crippen molar-refractivity contribution < 1.29 is 56.3 Å². The predicted octanol–water partition coefficient (Wildman–Crippen LogP) is 0.662. The maximum atomic E-state index is 8.52. The highest BCUT2D eigenvalue weighted by Crippen LogP contribution is 2.14. The lowest BCUT2D eigenvalue weighted by Gasteiger charge is -2.08. The number of aliphatic hydroxyl groups is 2. The normalized spacial score (nSPS) is 12.6. The zero-order chi connectivity index (χ0) is 22.5. The second-order valence-corrected chi connectivity index (χ2v) is 7.47. The van der Waals surface area contributed by atoms with Crippen LogP contribution in [0.15, 0.2) is 0 Å². The molecule has 0 aromatic carbocycles. The molecule has 2 atom stereocenters.